The lowest BCUT2D eigenvalue weighted by atomic mass is 10.2. The smallest absolute Gasteiger partial charge is 0.315 e. The van der Waals surface area contributed by atoms with Crippen molar-refractivity contribution < 1.29 is 9.66 Å². The Balaban J connectivity index is 2.95. The molecule has 100 valence electrons. The fourth-order valence-corrected chi connectivity index (χ4v) is 1.55. The van der Waals surface area contributed by atoms with Gasteiger partial charge in [-0.15, -0.1) is 0 Å². The number of nitro groups is 1. The maximum absolute atomic E-state index is 11.1. The van der Waals surface area contributed by atoms with Gasteiger partial charge in [-0.2, -0.15) is 0 Å². The first-order valence-electron chi connectivity index (χ1n) is 5.88. The van der Waals surface area contributed by atoms with Crippen LogP contribution >= 0.6 is 0 Å². The van der Waals surface area contributed by atoms with Crippen molar-refractivity contribution in [2.45, 2.75) is 20.0 Å². The minimum Gasteiger partial charge on any atom is -0.380 e. The van der Waals surface area contributed by atoms with E-state index >= 15 is 0 Å². The van der Waals surface area contributed by atoms with Crippen molar-refractivity contribution in [3.05, 3.63) is 28.3 Å². The van der Waals surface area contributed by atoms with E-state index in [-0.39, 0.29) is 16.7 Å². The van der Waals surface area contributed by atoms with E-state index in [2.05, 4.69) is 10.6 Å². The highest BCUT2D eigenvalue weighted by Crippen LogP contribution is 2.32. The first-order chi connectivity index (χ1) is 8.60. The predicted molar refractivity (Wildman–Crippen MR) is 72.2 cm³/mol. The lowest BCUT2D eigenvalue weighted by Crippen LogP contribution is -2.18. The molecule has 0 radical (unpaired) electrons. The second-order valence-electron chi connectivity index (χ2n) is 3.92. The minimum atomic E-state index is -0.377. The summed E-state index contributed by atoms with van der Waals surface area (Å²) in [4.78, 5) is 10.7. The van der Waals surface area contributed by atoms with Crippen molar-refractivity contribution in [2.24, 2.45) is 0 Å². The monoisotopic (exact) mass is 253 g/mol. The van der Waals surface area contributed by atoms with E-state index in [0.29, 0.717) is 24.5 Å². The van der Waals surface area contributed by atoms with Crippen molar-refractivity contribution >= 4 is 17.1 Å². The lowest BCUT2D eigenvalue weighted by molar-refractivity contribution is -0.383. The van der Waals surface area contributed by atoms with Gasteiger partial charge in [0.25, 0.3) is 0 Å². The Morgan fingerprint density at radius 3 is 2.50 bits per heavy atom. The SMILES string of the molecule is CCNc1cccc(NCC(C)OC)c1[N+](=O)[O-]. The van der Waals surface area contributed by atoms with Crippen LogP contribution in [0.5, 0.6) is 0 Å². The highest BCUT2D eigenvalue weighted by atomic mass is 16.6. The number of nitrogens with one attached hydrogen (secondary N) is 2. The summed E-state index contributed by atoms with van der Waals surface area (Å²) < 4.78 is 5.10. The fourth-order valence-electron chi connectivity index (χ4n) is 1.55. The van der Waals surface area contributed by atoms with Gasteiger partial charge in [-0.3, -0.25) is 10.1 Å². The molecule has 1 rings (SSSR count). The third-order valence-corrected chi connectivity index (χ3v) is 2.57. The number of hydrogen-bond acceptors (Lipinski definition) is 5. The highest BCUT2D eigenvalue weighted by Gasteiger charge is 2.19. The molecule has 18 heavy (non-hydrogen) atoms. The summed E-state index contributed by atoms with van der Waals surface area (Å²) in [6.07, 6.45) is -0.00704. The summed E-state index contributed by atoms with van der Waals surface area (Å²) in [7, 11) is 1.61. The highest BCUT2D eigenvalue weighted by molar-refractivity contribution is 5.76. The number of nitrogens with zero attached hydrogens (tertiary/aromatic N) is 1. The van der Waals surface area contributed by atoms with Gasteiger partial charge in [-0.05, 0) is 26.0 Å². The first-order valence-corrected chi connectivity index (χ1v) is 5.88. The van der Waals surface area contributed by atoms with Crippen LogP contribution in [0.4, 0.5) is 17.1 Å². The zero-order chi connectivity index (χ0) is 13.5. The van der Waals surface area contributed by atoms with E-state index < -0.39 is 0 Å². The van der Waals surface area contributed by atoms with Crippen molar-refractivity contribution in [3.63, 3.8) is 0 Å². The van der Waals surface area contributed by atoms with Gasteiger partial charge in [0.15, 0.2) is 0 Å². The summed E-state index contributed by atoms with van der Waals surface area (Å²) in [5.41, 5.74) is 1.10. The molecule has 0 bridgehead atoms. The lowest BCUT2D eigenvalue weighted by Gasteiger charge is -2.13. The van der Waals surface area contributed by atoms with E-state index in [4.69, 9.17) is 4.74 Å². The summed E-state index contributed by atoms with van der Waals surface area (Å²) >= 11 is 0. The number of ether oxygens (including phenoxy) is 1. The van der Waals surface area contributed by atoms with E-state index in [0.717, 1.165) is 0 Å². The van der Waals surface area contributed by atoms with E-state index in [1.807, 2.05) is 13.8 Å². The molecule has 2 N–H and O–H groups in total. The molecule has 0 aliphatic heterocycles. The zero-order valence-electron chi connectivity index (χ0n) is 10.9. The molecule has 0 fully saturated rings. The molecular formula is C12H19N3O3. The van der Waals surface area contributed by atoms with Crippen molar-refractivity contribution in [2.75, 3.05) is 30.8 Å². The quantitative estimate of drug-likeness (QED) is 0.576. The molecular weight excluding hydrogens is 234 g/mol. The van der Waals surface area contributed by atoms with Crippen LogP contribution in [-0.2, 0) is 4.74 Å². The van der Waals surface area contributed by atoms with Crippen molar-refractivity contribution in [1.29, 1.82) is 0 Å². The number of rotatable bonds is 7. The van der Waals surface area contributed by atoms with Gasteiger partial charge in [-0.1, -0.05) is 6.07 Å². The Morgan fingerprint density at radius 1 is 1.39 bits per heavy atom. The Bertz CT molecular complexity index is 410. The van der Waals surface area contributed by atoms with Gasteiger partial charge >= 0.3 is 5.69 Å². The molecule has 0 spiro atoms. The van der Waals surface area contributed by atoms with Crippen LogP contribution in [-0.4, -0.2) is 31.2 Å². The molecule has 6 nitrogen and oxygen atoms in total. The number of hydrogen-bond donors (Lipinski definition) is 2. The molecule has 1 aromatic rings. The minimum absolute atomic E-state index is 0.00704. The molecule has 0 aliphatic rings. The van der Waals surface area contributed by atoms with Crippen LogP contribution < -0.4 is 10.6 Å². The van der Waals surface area contributed by atoms with Gasteiger partial charge in [0.05, 0.1) is 11.0 Å². The summed E-state index contributed by atoms with van der Waals surface area (Å²) in [5, 5.41) is 17.1. The maximum Gasteiger partial charge on any atom is 0.315 e. The number of nitro benzene ring substituents is 1. The maximum atomic E-state index is 11.1. The molecule has 0 saturated carbocycles. The average molecular weight is 253 g/mol. The van der Waals surface area contributed by atoms with E-state index in [1.54, 1.807) is 25.3 Å². The van der Waals surface area contributed by atoms with Crippen LogP contribution in [0.2, 0.25) is 0 Å². The molecule has 1 atom stereocenters. The summed E-state index contributed by atoms with van der Waals surface area (Å²) in [6, 6.07) is 5.18. The molecule has 0 heterocycles. The Hall–Kier alpha value is -1.82. The predicted octanol–water partition coefficient (Wildman–Crippen LogP) is 2.47. The normalized spacial score (nSPS) is 11.9. The molecule has 0 amide bonds. The number of anilines is 2. The second-order valence-corrected chi connectivity index (χ2v) is 3.92. The standard InChI is InChI=1S/C12H19N3O3/c1-4-13-10-6-5-7-11(12(10)15(16)17)14-8-9(2)18-3/h5-7,9,13-14H,4,8H2,1-3H3. The first kappa shape index (κ1) is 14.2. The van der Waals surface area contributed by atoms with Gasteiger partial charge in [0.1, 0.15) is 11.4 Å². The Kier molecular flexibility index (Phi) is 5.38. The van der Waals surface area contributed by atoms with Crippen LogP contribution in [0.3, 0.4) is 0 Å². The summed E-state index contributed by atoms with van der Waals surface area (Å²) in [6.45, 7) is 4.95. The average Bonchev–Trinajstić information content (AvgIpc) is 2.36. The van der Waals surface area contributed by atoms with Crippen LogP contribution in [0.15, 0.2) is 18.2 Å². The Labute approximate surface area is 106 Å². The molecule has 0 saturated heterocycles. The second kappa shape index (κ2) is 6.80. The third-order valence-electron chi connectivity index (χ3n) is 2.57. The van der Waals surface area contributed by atoms with Crippen molar-refractivity contribution in [1.82, 2.24) is 0 Å². The third kappa shape index (κ3) is 3.59. The van der Waals surface area contributed by atoms with Crippen LogP contribution in [0, 0.1) is 10.1 Å². The van der Waals surface area contributed by atoms with Gasteiger partial charge in [0, 0.05) is 20.2 Å². The van der Waals surface area contributed by atoms with Crippen molar-refractivity contribution in [3.8, 4) is 0 Å². The topological polar surface area (TPSA) is 76.4 Å². The molecule has 1 unspecified atom stereocenters. The fraction of sp³-hybridized carbons (Fsp3) is 0.500. The van der Waals surface area contributed by atoms with Gasteiger partial charge in [0.2, 0.25) is 0 Å². The Morgan fingerprint density at radius 2 is 2.00 bits per heavy atom. The number of methoxy groups -OCH3 is 1. The van der Waals surface area contributed by atoms with Gasteiger partial charge < -0.3 is 15.4 Å². The van der Waals surface area contributed by atoms with Crippen LogP contribution in [0.1, 0.15) is 13.8 Å². The van der Waals surface area contributed by atoms with E-state index in [9.17, 15) is 10.1 Å². The van der Waals surface area contributed by atoms with Gasteiger partial charge in [-0.25, -0.2) is 0 Å². The van der Waals surface area contributed by atoms with Crippen LogP contribution in [0.25, 0.3) is 0 Å². The largest absolute Gasteiger partial charge is 0.380 e. The number of benzene rings is 1. The molecule has 0 aromatic heterocycles. The molecule has 1 aromatic carbocycles. The summed E-state index contributed by atoms with van der Waals surface area (Å²) in [5.74, 6) is 0. The molecule has 0 aliphatic carbocycles. The van der Waals surface area contributed by atoms with E-state index in [1.165, 1.54) is 0 Å². The molecule has 6 heteroatoms. The number of para-hydroxylation sites is 1. The zero-order valence-corrected chi connectivity index (χ0v) is 10.9.